The van der Waals surface area contributed by atoms with Gasteiger partial charge in [-0.1, -0.05) is 65.9 Å². The Hall–Kier alpha value is -1.72. The van der Waals surface area contributed by atoms with E-state index >= 15 is 0 Å². The number of halogens is 3. The van der Waals surface area contributed by atoms with Gasteiger partial charge in [-0.15, -0.1) is 6.58 Å². The number of aliphatic imine (C=N–C) groups is 1. The van der Waals surface area contributed by atoms with Gasteiger partial charge in [-0.3, -0.25) is 4.99 Å². The fraction of sp³-hybridized carbons (Fsp3) is 0.708. The lowest BCUT2D eigenvalue weighted by atomic mass is 10.0. The smallest absolute Gasteiger partial charge is 0.381 e. The second-order valence-electron chi connectivity index (χ2n) is 7.23. The molecule has 1 rings (SSSR count). The van der Waals surface area contributed by atoms with Crippen molar-refractivity contribution in [1.29, 1.82) is 0 Å². The largest absolute Gasteiger partial charge is 0.411 e. The van der Waals surface area contributed by atoms with Crippen molar-refractivity contribution in [2.24, 2.45) is 10.9 Å². The van der Waals surface area contributed by atoms with E-state index in [1.807, 2.05) is 20.8 Å². The molecule has 6 heteroatoms. The first kappa shape index (κ1) is 30.5. The molecule has 0 saturated heterocycles. The second kappa shape index (κ2) is 19.3. The third-order valence-corrected chi connectivity index (χ3v) is 4.23. The summed E-state index contributed by atoms with van der Waals surface area (Å²) in [5, 5.41) is 5.71. The first-order valence-corrected chi connectivity index (χ1v) is 11.3. The van der Waals surface area contributed by atoms with Crippen LogP contribution in [0.5, 0.6) is 0 Å². The molecule has 176 valence electrons. The third kappa shape index (κ3) is 18.3. The Labute approximate surface area is 183 Å². The third-order valence-electron chi connectivity index (χ3n) is 4.23. The maximum Gasteiger partial charge on any atom is 0.411 e. The van der Waals surface area contributed by atoms with Crippen LogP contribution >= 0.6 is 0 Å². The number of nitrogens with one attached hydrogen (secondary N) is 2. The van der Waals surface area contributed by atoms with Gasteiger partial charge in [0.2, 0.25) is 0 Å². The molecule has 0 unspecified atom stereocenters. The highest BCUT2D eigenvalue weighted by Gasteiger charge is 2.25. The number of nitrogens with zero attached hydrogens (tertiary/aromatic N) is 1. The predicted molar refractivity (Wildman–Crippen MR) is 126 cm³/mol. The first-order chi connectivity index (χ1) is 14.2. The summed E-state index contributed by atoms with van der Waals surface area (Å²) in [7, 11) is 0. The van der Waals surface area contributed by atoms with Crippen LogP contribution in [0.4, 0.5) is 13.2 Å². The maximum absolute atomic E-state index is 12.6. The van der Waals surface area contributed by atoms with Crippen LogP contribution in [-0.2, 0) is 0 Å². The molecule has 2 N–H and O–H groups in total. The Kier molecular flexibility index (Phi) is 19.6. The minimum Gasteiger partial charge on any atom is -0.381 e. The highest BCUT2D eigenvalue weighted by molar-refractivity contribution is 5.80. The van der Waals surface area contributed by atoms with Crippen molar-refractivity contribution < 1.29 is 13.2 Å². The van der Waals surface area contributed by atoms with Crippen LogP contribution in [0.2, 0.25) is 0 Å². The Morgan fingerprint density at radius 1 is 1.07 bits per heavy atom. The maximum atomic E-state index is 12.6. The van der Waals surface area contributed by atoms with Crippen LogP contribution in [0.3, 0.4) is 0 Å². The molecule has 0 aromatic carbocycles. The van der Waals surface area contributed by atoms with E-state index in [9.17, 15) is 13.2 Å². The van der Waals surface area contributed by atoms with Crippen LogP contribution in [-0.4, -0.2) is 25.1 Å². The van der Waals surface area contributed by atoms with Gasteiger partial charge in [0.1, 0.15) is 0 Å². The van der Waals surface area contributed by atoms with Crippen LogP contribution < -0.4 is 10.6 Å². The molecule has 1 fully saturated rings. The number of amidine groups is 1. The van der Waals surface area contributed by atoms with Crippen molar-refractivity contribution in [3.05, 3.63) is 36.2 Å². The average Bonchev–Trinajstić information content (AvgIpc) is 2.98. The molecule has 0 aliphatic heterocycles. The van der Waals surface area contributed by atoms with Gasteiger partial charge in [0, 0.05) is 31.1 Å². The molecular weight excluding hydrogens is 387 g/mol. The topological polar surface area (TPSA) is 36.4 Å². The summed E-state index contributed by atoms with van der Waals surface area (Å²) >= 11 is 0. The molecule has 0 bridgehead atoms. The lowest BCUT2D eigenvalue weighted by Crippen LogP contribution is -2.21. The second-order valence-corrected chi connectivity index (χ2v) is 7.23. The molecular formula is C24H44F3N3. The van der Waals surface area contributed by atoms with Gasteiger partial charge in [0.05, 0.1) is 5.84 Å². The molecule has 0 radical (unpaired) electrons. The first-order valence-electron chi connectivity index (χ1n) is 11.3. The molecule has 1 saturated carbocycles. The minimum atomic E-state index is -4.37. The van der Waals surface area contributed by atoms with Gasteiger partial charge in [0.15, 0.2) is 0 Å². The van der Waals surface area contributed by atoms with E-state index in [1.54, 1.807) is 13.1 Å². The molecule has 0 atom stereocenters. The fourth-order valence-electron chi connectivity index (χ4n) is 2.80. The van der Waals surface area contributed by atoms with Gasteiger partial charge >= 0.3 is 6.18 Å². The van der Waals surface area contributed by atoms with E-state index in [-0.39, 0.29) is 18.3 Å². The van der Waals surface area contributed by atoms with Crippen molar-refractivity contribution in [1.82, 2.24) is 10.6 Å². The highest BCUT2D eigenvalue weighted by atomic mass is 19.4. The number of alkyl halides is 3. The lowest BCUT2D eigenvalue weighted by Gasteiger charge is -2.13. The minimum absolute atomic E-state index is 0.0245. The van der Waals surface area contributed by atoms with Crippen LogP contribution in [0.1, 0.15) is 86.5 Å². The zero-order valence-electron chi connectivity index (χ0n) is 20.0. The highest BCUT2D eigenvalue weighted by Crippen LogP contribution is 2.23. The fourth-order valence-corrected chi connectivity index (χ4v) is 2.80. The summed E-state index contributed by atoms with van der Waals surface area (Å²) in [6, 6.07) is 0. The molecule has 0 heterocycles. The lowest BCUT2D eigenvalue weighted by molar-refractivity contribution is -0.0806. The molecule has 0 amide bonds. The van der Waals surface area contributed by atoms with Crippen molar-refractivity contribution in [3.8, 4) is 0 Å². The molecule has 0 aromatic rings. The normalized spacial score (nSPS) is 16.4. The Bertz CT molecular complexity index is 512. The monoisotopic (exact) mass is 431 g/mol. The summed E-state index contributed by atoms with van der Waals surface area (Å²) in [4.78, 5) is 4.54. The van der Waals surface area contributed by atoms with Crippen molar-refractivity contribution in [2.75, 3.05) is 13.1 Å². The Balaban J connectivity index is 0. The number of hydrogen-bond donors (Lipinski definition) is 2. The predicted octanol–water partition coefficient (Wildman–Crippen LogP) is 7.53. The van der Waals surface area contributed by atoms with E-state index in [1.165, 1.54) is 51.0 Å². The molecule has 3 nitrogen and oxygen atoms in total. The van der Waals surface area contributed by atoms with E-state index in [4.69, 9.17) is 0 Å². The van der Waals surface area contributed by atoms with Gasteiger partial charge in [-0.25, -0.2) is 0 Å². The Morgan fingerprint density at radius 3 is 2.07 bits per heavy atom. The summed E-state index contributed by atoms with van der Waals surface area (Å²) in [6.07, 6.45) is 7.81. The van der Waals surface area contributed by atoms with E-state index < -0.39 is 6.18 Å². The summed E-state index contributed by atoms with van der Waals surface area (Å²) < 4.78 is 37.9. The number of hydrogen-bond acceptors (Lipinski definition) is 2. The summed E-state index contributed by atoms with van der Waals surface area (Å²) in [5.74, 6) is 1.35. The van der Waals surface area contributed by atoms with Crippen molar-refractivity contribution in [2.45, 2.75) is 92.7 Å². The van der Waals surface area contributed by atoms with E-state index in [2.05, 4.69) is 36.1 Å². The van der Waals surface area contributed by atoms with E-state index in [0.29, 0.717) is 11.5 Å². The van der Waals surface area contributed by atoms with Crippen molar-refractivity contribution in [3.63, 3.8) is 0 Å². The van der Waals surface area contributed by atoms with Gasteiger partial charge in [0.25, 0.3) is 0 Å². The molecule has 0 spiro atoms. The molecule has 0 aromatic heterocycles. The quantitative estimate of drug-likeness (QED) is 0.144. The average molecular weight is 432 g/mol. The zero-order valence-corrected chi connectivity index (χ0v) is 20.0. The van der Waals surface area contributed by atoms with Gasteiger partial charge in [-0.05, 0) is 38.2 Å². The molecule has 1 aliphatic rings. The summed E-state index contributed by atoms with van der Waals surface area (Å²) in [5.41, 5.74) is 0.486. The Morgan fingerprint density at radius 2 is 1.60 bits per heavy atom. The van der Waals surface area contributed by atoms with Crippen LogP contribution in [0.15, 0.2) is 41.2 Å². The van der Waals surface area contributed by atoms with Crippen LogP contribution in [0.25, 0.3) is 0 Å². The SMILES string of the molecule is C=CCNC(=C/C(F)(F)F)/C(C)=C/NC(C)=NCC1CCCCCC1.CC.CCC. The molecule has 30 heavy (non-hydrogen) atoms. The van der Waals surface area contributed by atoms with Gasteiger partial charge < -0.3 is 10.6 Å². The van der Waals surface area contributed by atoms with Gasteiger partial charge in [-0.2, -0.15) is 13.2 Å². The number of rotatable bonds is 7. The van der Waals surface area contributed by atoms with Crippen LogP contribution in [0, 0.1) is 5.92 Å². The van der Waals surface area contributed by atoms with E-state index in [0.717, 1.165) is 12.4 Å². The number of allylic oxidation sites excluding steroid dienone is 2. The molecule has 1 aliphatic carbocycles. The van der Waals surface area contributed by atoms with Crippen molar-refractivity contribution >= 4 is 5.84 Å². The standard InChI is InChI=1S/C19H30F3N3.C3H8.C2H6/c1-4-11-23-18(12-19(20,21)22)15(2)13-24-16(3)25-14-17-9-7-5-6-8-10-17;1-3-2;1-2/h4,12-13,17,23H,1,5-11,14H2,2-3H3,(H,24,25);3H2,1-2H3;1-2H3/b15-13+,18-12+;;. The summed E-state index contributed by atoms with van der Waals surface area (Å²) in [6.45, 7) is 16.3. The zero-order chi connectivity index (χ0) is 23.4.